The molecule has 0 atom stereocenters. The highest BCUT2D eigenvalue weighted by Gasteiger charge is 2.29. The summed E-state index contributed by atoms with van der Waals surface area (Å²) in [6.45, 7) is 2.10. The fraction of sp³-hybridized carbons (Fsp3) is 0.222. The fourth-order valence-corrected chi connectivity index (χ4v) is 3.70. The Balaban J connectivity index is 2.10. The van der Waals surface area contributed by atoms with Crippen LogP contribution in [0.5, 0.6) is 11.5 Å². The lowest BCUT2D eigenvalue weighted by Crippen LogP contribution is -2.31. The van der Waals surface area contributed by atoms with Crippen molar-refractivity contribution in [3.63, 3.8) is 0 Å². The first kappa shape index (κ1) is 18.6. The summed E-state index contributed by atoms with van der Waals surface area (Å²) < 4.78 is 11.2. The van der Waals surface area contributed by atoms with Crippen molar-refractivity contribution in [3.8, 4) is 11.5 Å². The van der Waals surface area contributed by atoms with Gasteiger partial charge in [-0.1, -0.05) is 23.5 Å². The number of nitro groups is 1. The summed E-state index contributed by atoms with van der Waals surface area (Å²) in [4.78, 5) is 29.9. The molecule has 0 radical (unpaired) electrons. The van der Waals surface area contributed by atoms with Crippen LogP contribution in [0.1, 0.15) is 17.3 Å². The number of rotatable bonds is 6. The topological polar surface area (TPSA) is 94.8 Å². The van der Waals surface area contributed by atoms with E-state index >= 15 is 0 Å². The Morgan fingerprint density at radius 1 is 1.22 bits per heavy atom. The van der Waals surface area contributed by atoms with Crippen LogP contribution in [0.3, 0.4) is 0 Å². The summed E-state index contributed by atoms with van der Waals surface area (Å²) >= 11 is 1.35. The van der Waals surface area contributed by atoms with Crippen LogP contribution < -0.4 is 14.4 Å². The molecular formula is C18H17N3O5S. The van der Waals surface area contributed by atoms with Crippen LogP contribution in [0.15, 0.2) is 36.4 Å². The van der Waals surface area contributed by atoms with Gasteiger partial charge in [-0.3, -0.25) is 19.8 Å². The van der Waals surface area contributed by atoms with E-state index in [4.69, 9.17) is 9.47 Å². The lowest BCUT2D eigenvalue weighted by molar-refractivity contribution is -0.385. The van der Waals surface area contributed by atoms with Crippen molar-refractivity contribution in [3.05, 3.63) is 52.1 Å². The van der Waals surface area contributed by atoms with Crippen LogP contribution in [0, 0.1) is 10.1 Å². The number of hydrogen-bond donors (Lipinski definition) is 0. The van der Waals surface area contributed by atoms with Gasteiger partial charge in [0.1, 0.15) is 5.56 Å². The number of hydrogen-bond acceptors (Lipinski definition) is 7. The Labute approximate surface area is 159 Å². The predicted octanol–water partition coefficient (Wildman–Crippen LogP) is 3.89. The Morgan fingerprint density at radius 2 is 1.89 bits per heavy atom. The molecule has 1 amide bonds. The molecule has 0 saturated heterocycles. The Bertz CT molecular complexity index is 984. The van der Waals surface area contributed by atoms with Crippen molar-refractivity contribution in [2.24, 2.45) is 0 Å². The monoisotopic (exact) mass is 387 g/mol. The highest BCUT2D eigenvalue weighted by molar-refractivity contribution is 7.22. The molecule has 27 heavy (non-hydrogen) atoms. The van der Waals surface area contributed by atoms with Crippen molar-refractivity contribution < 1.29 is 19.2 Å². The molecule has 0 aliphatic rings. The van der Waals surface area contributed by atoms with Crippen LogP contribution in [0.2, 0.25) is 0 Å². The number of carbonyl (C=O) groups excluding carboxylic acids is 1. The van der Waals surface area contributed by atoms with Gasteiger partial charge in [0.25, 0.3) is 11.6 Å². The Hall–Kier alpha value is -3.20. The summed E-state index contributed by atoms with van der Waals surface area (Å²) in [5, 5.41) is 12.0. The summed E-state index contributed by atoms with van der Waals surface area (Å²) in [6.07, 6.45) is 0. The molecule has 3 rings (SSSR count). The average molecular weight is 387 g/mol. The molecule has 0 N–H and O–H groups in total. The molecule has 0 fully saturated rings. The van der Waals surface area contributed by atoms with Crippen LogP contribution in [-0.2, 0) is 0 Å². The van der Waals surface area contributed by atoms with Gasteiger partial charge >= 0.3 is 0 Å². The lowest BCUT2D eigenvalue weighted by Gasteiger charge is -2.18. The summed E-state index contributed by atoms with van der Waals surface area (Å²) in [6, 6.07) is 10.0. The van der Waals surface area contributed by atoms with E-state index in [1.165, 1.54) is 42.6 Å². The number of methoxy groups -OCH3 is 2. The van der Waals surface area contributed by atoms with Crippen molar-refractivity contribution in [1.82, 2.24) is 4.98 Å². The minimum atomic E-state index is -0.610. The highest BCUT2D eigenvalue weighted by atomic mass is 32.1. The molecule has 2 aromatic carbocycles. The summed E-state index contributed by atoms with van der Waals surface area (Å²) in [5.74, 6) is -0.0974. The standard InChI is InChI=1S/C18H17N3O5S/c1-4-20(18-19-12-7-5-6-8-16(12)27-18)17(22)11-9-14(25-2)15(26-3)10-13(11)21(23)24/h5-10H,4H2,1-3H3. The van der Waals surface area contributed by atoms with Gasteiger partial charge in [0.05, 0.1) is 35.4 Å². The number of nitrogens with zero attached hydrogens (tertiary/aromatic N) is 3. The van der Waals surface area contributed by atoms with E-state index in [0.717, 1.165) is 10.2 Å². The molecule has 1 aromatic heterocycles. The zero-order chi connectivity index (χ0) is 19.6. The van der Waals surface area contributed by atoms with Gasteiger partial charge in [-0.05, 0) is 19.1 Å². The first-order valence-corrected chi connectivity index (χ1v) is 8.89. The molecular weight excluding hydrogens is 370 g/mol. The molecule has 0 spiro atoms. The fourth-order valence-electron chi connectivity index (χ4n) is 2.68. The van der Waals surface area contributed by atoms with Crippen molar-refractivity contribution in [2.45, 2.75) is 6.92 Å². The van der Waals surface area contributed by atoms with Gasteiger partial charge < -0.3 is 9.47 Å². The SMILES string of the molecule is CCN(C(=O)c1cc(OC)c(OC)cc1[N+](=O)[O-])c1nc2ccccc2s1. The molecule has 140 valence electrons. The molecule has 1 heterocycles. The smallest absolute Gasteiger partial charge is 0.286 e. The summed E-state index contributed by atoms with van der Waals surface area (Å²) in [7, 11) is 2.78. The highest BCUT2D eigenvalue weighted by Crippen LogP contribution is 2.36. The molecule has 0 aliphatic heterocycles. The third kappa shape index (κ3) is 3.41. The first-order chi connectivity index (χ1) is 13.0. The maximum atomic E-state index is 13.1. The zero-order valence-electron chi connectivity index (χ0n) is 15.0. The number of nitro benzene ring substituents is 1. The molecule has 3 aromatic rings. The largest absolute Gasteiger partial charge is 0.493 e. The van der Waals surface area contributed by atoms with E-state index in [-0.39, 0.29) is 22.7 Å². The van der Waals surface area contributed by atoms with Crippen molar-refractivity contribution in [2.75, 3.05) is 25.7 Å². The van der Waals surface area contributed by atoms with Crippen LogP contribution in [0.4, 0.5) is 10.8 Å². The van der Waals surface area contributed by atoms with Gasteiger partial charge in [0, 0.05) is 12.6 Å². The molecule has 8 nitrogen and oxygen atoms in total. The second kappa shape index (κ2) is 7.58. The van der Waals surface area contributed by atoms with Gasteiger partial charge in [0.15, 0.2) is 16.6 Å². The van der Waals surface area contributed by atoms with E-state index in [1.807, 2.05) is 24.3 Å². The molecule has 0 unspecified atom stereocenters. The van der Waals surface area contributed by atoms with Crippen molar-refractivity contribution >= 4 is 38.3 Å². The minimum absolute atomic E-state index is 0.0845. The number of thiazole rings is 1. The summed E-state index contributed by atoms with van der Waals surface area (Å²) in [5.41, 5.74) is 0.335. The maximum Gasteiger partial charge on any atom is 0.286 e. The minimum Gasteiger partial charge on any atom is -0.493 e. The van der Waals surface area contributed by atoms with E-state index in [2.05, 4.69) is 4.98 Å². The van der Waals surface area contributed by atoms with Gasteiger partial charge in [-0.2, -0.15) is 0 Å². The lowest BCUT2D eigenvalue weighted by atomic mass is 10.1. The predicted molar refractivity (Wildman–Crippen MR) is 103 cm³/mol. The number of carbonyl (C=O) groups is 1. The van der Waals surface area contributed by atoms with E-state index < -0.39 is 10.8 Å². The number of ether oxygens (including phenoxy) is 2. The zero-order valence-corrected chi connectivity index (χ0v) is 15.8. The van der Waals surface area contributed by atoms with Gasteiger partial charge in [-0.25, -0.2) is 4.98 Å². The van der Waals surface area contributed by atoms with E-state index in [1.54, 1.807) is 6.92 Å². The maximum absolute atomic E-state index is 13.1. The number of benzene rings is 2. The molecule has 0 saturated carbocycles. The van der Waals surface area contributed by atoms with Crippen molar-refractivity contribution in [1.29, 1.82) is 0 Å². The second-order valence-corrected chi connectivity index (χ2v) is 6.50. The number of fused-ring (bicyclic) bond motifs is 1. The number of para-hydroxylation sites is 1. The average Bonchev–Trinajstić information content (AvgIpc) is 3.10. The van der Waals surface area contributed by atoms with E-state index in [0.29, 0.717) is 11.7 Å². The number of anilines is 1. The second-order valence-electron chi connectivity index (χ2n) is 5.50. The quantitative estimate of drug-likeness (QED) is 0.470. The molecule has 9 heteroatoms. The van der Waals surface area contributed by atoms with Gasteiger partial charge in [-0.15, -0.1) is 0 Å². The normalized spacial score (nSPS) is 10.6. The first-order valence-electron chi connectivity index (χ1n) is 8.08. The third-order valence-electron chi connectivity index (χ3n) is 4.00. The Kier molecular flexibility index (Phi) is 5.22. The van der Waals surface area contributed by atoms with Crippen LogP contribution in [-0.4, -0.2) is 36.6 Å². The third-order valence-corrected chi connectivity index (χ3v) is 5.06. The van der Waals surface area contributed by atoms with Crippen LogP contribution >= 0.6 is 11.3 Å². The van der Waals surface area contributed by atoms with Gasteiger partial charge in [0.2, 0.25) is 0 Å². The molecule has 0 aliphatic carbocycles. The van der Waals surface area contributed by atoms with E-state index in [9.17, 15) is 14.9 Å². The molecule has 0 bridgehead atoms. The number of amides is 1. The van der Waals surface area contributed by atoms with Crippen LogP contribution in [0.25, 0.3) is 10.2 Å². The Morgan fingerprint density at radius 3 is 2.48 bits per heavy atom. The number of aromatic nitrogens is 1.